The molecule has 4 heteroatoms. The van der Waals surface area contributed by atoms with E-state index in [4.69, 9.17) is 13.9 Å². The van der Waals surface area contributed by atoms with Crippen molar-refractivity contribution in [1.29, 1.82) is 0 Å². The third kappa shape index (κ3) is 12.6. The molecule has 0 aromatic heterocycles. The summed E-state index contributed by atoms with van der Waals surface area (Å²) in [6, 6.07) is 1.29. The predicted octanol–water partition coefficient (Wildman–Crippen LogP) is 3.26. The Morgan fingerprint density at radius 2 is 1.39 bits per heavy atom. The third-order valence-corrected chi connectivity index (χ3v) is 4.48. The van der Waals surface area contributed by atoms with E-state index in [-0.39, 0.29) is 16.1 Å². The molecule has 0 N–H and O–H groups in total. The Balaban J connectivity index is 3.03. The van der Waals surface area contributed by atoms with Gasteiger partial charge in [-0.2, -0.15) is 0 Å². The summed E-state index contributed by atoms with van der Waals surface area (Å²) in [5, 5.41) is 0. The third-order valence-electron chi connectivity index (χ3n) is 3.17. The summed E-state index contributed by atoms with van der Waals surface area (Å²) in [6.07, 6.45) is 10.9. The van der Waals surface area contributed by atoms with Crippen molar-refractivity contribution in [3.05, 3.63) is 0 Å². The molecule has 0 atom stereocenters. The molecular formula is C14H32O3Si. The molecule has 0 saturated carbocycles. The van der Waals surface area contributed by atoms with E-state index in [1.165, 1.54) is 57.4 Å². The normalized spacial score (nSPS) is 12.0. The fourth-order valence-electron chi connectivity index (χ4n) is 1.93. The average Bonchev–Trinajstić information content (AvgIpc) is 2.40. The zero-order chi connectivity index (χ0) is 13.5. The van der Waals surface area contributed by atoms with E-state index < -0.39 is 0 Å². The Bertz CT molecular complexity index is 152. The molecule has 0 spiro atoms. The van der Waals surface area contributed by atoms with Crippen LogP contribution < -0.4 is 0 Å². The predicted molar refractivity (Wildman–Crippen MR) is 79.7 cm³/mol. The highest BCUT2D eigenvalue weighted by Gasteiger charge is 2.03. The molecule has 18 heavy (non-hydrogen) atoms. The van der Waals surface area contributed by atoms with Gasteiger partial charge in [0.1, 0.15) is 0 Å². The Morgan fingerprint density at radius 1 is 0.833 bits per heavy atom. The van der Waals surface area contributed by atoms with E-state index in [1.54, 1.807) is 14.2 Å². The van der Waals surface area contributed by atoms with Crippen LogP contribution >= 0.6 is 0 Å². The Morgan fingerprint density at radius 3 is 1.94 bits per heavy atom. The Hall–Kier alpha value is 0.0969. The molecule has 0 bridgehead atoms. The number of hydrogen-bond donors (Lipinski definition) is 0. The topological polar surface area (TPSA) is 27.7 Å². The first kappa shape index (κ1) is 18.1. The number of unbranched alkanes of at least 4 members (excludes halogenated alkanes) is 7. The molecule has 0 rings (SSSR count). The van der Waals surface area contributed by atoms with Crippen LogP contribution in [0.1, 0.15) is 58.3 Å². The Kier molecular flexibility index (Phi) is 15.2. The van der Waals surface area contributed by atoms with Crippen LogP contribution in [0, 0.1) is 0 Å². The van der Waals surface area contributed by atoms with Crippen LogP contribution in [0.5, 0.6) is 0 Å². The fraction of sp³-hybridized carbons (Fsp3) is 1.00. The van der Waals surface area contributed by atoms with E-state index in [1.807, 2.05) is 0 Å². The first-order valence-corrected chi connectivity index (χ1v) is 9.06. The summed E-state index contributed by atoms with van der Waals surface area (Å²) in [5.41, 5.74) is 0. The van der Waals surface area contributed by atoms with Crippen LogP contribution in [-0.2, 0) is 13.9 Å². The first-order chi connectivity index (χ1) is 8.85. The van der Waals surface area contributed by atoms with Gasteiger partial charge in [-0.1, -0.05) is 58.3 Å². The van der Waals surface area contributed by atoms with E-state index >= 15 is 0 Å². The lowest BCUT2D eigenvalue weighted by Crippen LogP contribution is -2.21. The summed E-state index contributed by atoms with van der Waals surface area (Å²) in [5.74, 6) is 0. The number of methoxy groups -OCH3 is 2. The van der Waals surface area contributed by atoms with Gasteiger partial charge in [-0.15, -0.1) is 0 Å². The van der Waals surface area contributed by atoms with Crippen molar-refractivity contribution in [2.45, 2.75) is 70.6 Å². The molecular weight excluding hydrogens is 244 g/mol. The van der Waals surface area contributed by atoms with E-state index in [0.29, 0.717) is 6.61 Å². The van der Waals surface area contributed by atoms with E-state index in [0.717, 1.165) is 0 Å². The second kappa shape index (κ2) is 15.2. The average molecular weight is 276 g/mol. The van der Waals surface area contributed by atoms with Crippen molar-refractivity contribution < 1.29 is 13.9 Å². The van der Waals surface area contributed by atoms with Crippen LogP contribution in [-0.4, -0.2) is 36.9 Å². The zero-order valence-corrected chi connectivity index (χ0v) is 14.0. The van der Waals surface area contributed by atoms with E-state index in [2.05, 4.69) is 6.92 Å². The lowest BCUT2D eigenvalue weighted by Gasteiger charge is -2.13. The standard InChI is InChI=1S/C14H32O3Si/c1-4-5-6-7-8-9-10-11-12-18-17-13-14(15-2)16-3/h14H,4-13,18H2,1-3H3. The van der Waals surface area contributed by atoms with Gasteiger partial charge in [0.25, 0.3) is 0 Å². The lowest BCUT2D eigenvalue weighted by molar-refractivity contribution is -0.121. The fourth-order valence-corrected chi connectivity index (χ4v) is 3.05. The minimum Gasteiger partial charge on any atom is -0.419 e. The molecule has 0 aromatic rings. The second-order valence-electron chi connectivity index (χ2n) is 4.80. The summed E-state index contributed by atoms with van der Waals surface area (Å²) >= 11 is 0. The second-order valence-corrected chi connectivity index (χ2v) is 6.33. The van der Waals surface area contributed by atoms with Crippen molar-refractivity contribution in [1.82, 2.24) is 0 Å². The minimum atomic E-state index is -0.358. The van der Waals surface area contributed by atoms with Crippen LogP contribution in [0.15, 0.2) is 0 Å². The molecule has 3 nitrogen and oxygen atoms in total. The molecule has 0 radical (unpaired) electrons. The minimum absolute atomic E-state index is 0.184. The SMILES string of the molecule is CCCCCCCCCC[SiH2]OCC(OC)OC. The molecule has 0 unspecified atom stereocenters. The van der Waals surface area contributed by atoms with Crippen molar-refractivity contribution in [2.75, 3.05) is 20.8 Å². The summed E-state index contributed by atoms with van der Waals surface area (Å²) in [7, 11) is 2.94. The smallest absolute Gasteiger partial charge is 0.178 e. The summed E-state index contributed by atoms with van der Waals surface area (Å²) in [4.78, 5) is 0. The van der Waals surface area contributed by atoms with Crippen LogP contribution in [0.3, 0.4) is 0 Å². The van der Waals surface area contributed by atoms with E-state index in [9.17, 15) is 0 Å². The first-order valence-electron chi connectivity index (χ1n) is 7.48. The van der Waals surface area contributed by atoms with Gasteiger partial charge in [0.05, 0.1) is 6.61 Å². The summed E-state index contributed by atoms with van der Waals surface area (Å²) < 4.78 is 15.8. The monoisotopic (exact) mass is 276 g/mol. The van der Waals surface area contributed by atoms with Crippen LogP contribution in [0.4, 0.5) is 0 Å². The molecule has 0 aliphatic carbocycles. The van der Waals surface area contributed by atoms with Gasteiger partial charge in [0.2, 0.25) is 0 Å². The highest BCUT2D eigenvalue weighted by atomic mass is 28.2. The maximum Gasteiger partial charge on any atom is 0.178 e. The van der Waals surface area contributed by atoms with Gasteiger partial charge in [0, 0.05) is 14.2 Å². The highest BCUT2D eigenvalue weighted by molar-refractivity contribution is 6.26. The molecule has 0 saturated heterocycles. The lowest BCUT2D eigenvalue weighted by atomic mass is 10.1. The quantitative estimate of drug-likeness (QED) is 0.277. The molecule has 0 fully saturated rings. The molecule has 0 heterocycles. The molecule has 0 aromatic carbocycles. The number of hydrogen-bond acceptors (Lipinski definition) is 3. The van der Waals surface area contributed by atoms with Crippen molar-refractivity contribution >= 4 is 9.76 Å². The molecule has 110 valence electrons. The van der Waals surface area contributed by atoms with Crippen molar-refractivity contribution in [3.63, 3.8) is 0 Å². The number of ether oxygens (including phenoxy) is 2. The molecule has 0 amide bonds. The molecule has 0 aliphatic heterocycles. The van der Waals surface area contributed by atoms with Crippen molar-refractivity contribution in [3.8, 4) is 0 Å². The van der Waals surface area contributed by atoms with Gasteiger partial charge < -0.3 is 13.9 Å². The van der Waals surface area contributed by atoms with Gasteiger partial charge >= 0.3 is 0 Å². The zero-order valence-electron chi connectivity index (χ0n) is 12.6. The summed E-state index contributed by atoms with van der Waals surface area (Å²) in [6.45, 7) is 2.86. The maximum absolute atomic E-state index is 5.63. The van der Waals surface area contributed by atoms with Gasteiger partial charge in [0.15, 0.2) is 16.1 Å². The largest absolute Gasteiger partial charge is 0.419 e. The van der Waals surface area contributed by atoms with Gasteiger partial charge in [-0.05, 0) is 6.04 Å². The highest BCUT2D eigenvalue weighted by Crippen LogP contribution is 2.09. The maximum atomic E-state index is 5.63. The van der Waals surface area contributed by atoms with Crippen LogP contribution in [0.25, 0.3) is 0 Å². The Labute approximate surface area is 116 Å². The van der Waals surface area contributed by atoms with Gasteiger partial charge in [-0.3, -0.25) is 0 Å². The number of rotatable bonds is 14. The van der Waals surface area contributed by atoms with Crippen LogP contribution in [0.2, 0.25) is 6.04 Å². The van der Waals surface area contributed by atoms with Gasteiger partial charge in [-0.25, -0.2) is 0 Å². The van der Waals surface area contributed by atoms with Crippen molar-refractivity contribution in [2.24, 2.45) is 0 Å². The molecule has 0 aliphatic rings.